The first-order valence-corrected chi connectivity index (χ1v) is 9.80. The van der Waals surface area contributed by atoms with E-state index in [0.29, 0.717) is 11.6 Å². The minimum absolute atomic E-state index is 0.0634. The van der Waals surface area contributed by atoms with E-state index in [9.17, 15) is 21.6 Å². The maximum absolute atomic E-state index is 13.8. The summed E-state index contributed by atoms with van der Waals surface area (Å²) in [4.78, 5) is -0.190. The predicted octanol–water partition coefficient (Wildman–Crippen LogP) is 3.54. The molecule has 0 aliphatic rings. The van der Waals surface area contributed by atoms with Crippen molar-refractivity contribution in [2.24, 2.45) is 0 Å². The monoisotopic (exact) mass is 418 g/mol. The number of halogens is 3. The summed E-state index contributed by atoms with van der Waals surface area (Å²) in [6, 6.07) is 10.4. The molecule has 29 heavy (non-hydrogen) atoms. The van der Waals surface area contributed by atoms with Gasteiger partial charge in [0.25, 0.3) is 10.0 Å². The lowest BCUT2D eigenvalue weighted by Gasteiger charge is -2.25. The lowest BCUT2D eigenvalue weighted by Crippen LogP contribution is -2.31. The van der Waals surface area contributed by atoms with E-state index in [1.807, 2.05) is 0 Å². The molecule has 0 saturated carbocycles. The third-order valence-electron chi connectivity index (χ3n) is 4.23. The minimum atomic E-state index is -4.31. The Morgan fingerprint density at radius 1 is 0.931 bits per heavy atom. The standard InChI is InChI=1S/C19H13F3N4O2S/c20-14-5-3-13(4-6-14)11-26(17-9-15(21)8-16(22)10-17)29(27,28)18-2-1-7-25-12-23-24-19(18)25/h1-10,12H,11H2. The molecule has 0 bridgehead atoms. The predicted molar refractivity (Wildman–Crippen MR) is 99.1 cm³/mol. The summed E-state index contributed by atoms with van der Waals surface area (Å²) in [6.45, 7) is -0.277. The van der Waals surface area contributed by atoms with Gasteiger partial charge in [-0.05, 0) is 42.0 Å². The zero-order valence-electron chi connectivity index (χ0n) is 14.7. The third-order valence-corrected chi connectivity index (χ3v) is 6.03. The molecule has 0 spiro atoms. The van der Waals surface area contributed by atoms with Gasteiger partial charge in [-0.15, -0.1) is 10.2 Å². The summed E-state index contributed by atoms with van der Waals surface area (Å²) >= 11 is 0. The number of rotatable bonds is 5. The summed E-state index contributed by atoms with van der Waals surface area (Å²) in [5, 5.41) is 7.52. The molecule has 4 rings (SSSR count). The number of aromatic nitrogens is 3. The Morgan fingerprint density at radius 2 is 1.62 bits per heavy atom. The first-order valence-electron chi connectivity index (χ1n) is 8.36. The van der Waals surface area contributed by atoms with Gasteiger partial charge in [0.15, 0.2) is 5.65 Å². The van der Waals surface area contributed by atoms with Gasteiger partial charge in [0.1, 0.15) is 28.7 Å². The minimum Gasteiger partial charge on any atom is -0.288 e. The Hall–Kier alpha value is -3.40. The van der Waals surface area contributed by atoms with E-state index in [4.69, 9.17) is 0 Å². The Kier molecular flexibility index (Phi) is 4.71. The lowest BCUT2D eigenvalue weighted by atomic mass is 10.2. The number of benzene rings is 2. The van der Waals surface area contributed by atoms with Gasteiger partial charge in [-0.3, -0.25) is 8.71 Å². The maximum atomic E-state index is 13.8. The average Bonchev–Trinajstić information content (AvgIpc) is 3.15. The second kappa shape index (κ2) is 7.21. The maximum Gasteiger partial charge on any atom is 0.268 e. The van der Waals surface area contributed by atoms with Crippen LogP contribution in [0.15, 0.2) is 72.0 Å². The number of nitrogens with zero attached hydrogens (tertiary/aromatic N) is 4. The molecule has 4 aromatic rings. The Morgan fingerprint density at radius 3 is 2.31 bits per heavy atom. The molecule has 0 amide bonds. The molecule has 0 atom stereocenters. The van der Waals surface area contributed by atoms with Gasteiger partial charge in [0.2, 0.25) is 0 Å². The van der Waals surface area contributed by atoms with E-state index in [1.165, 1.54) is 47.1 Å². The molecule has 10 heteroatoms. The largest absolute Gasteiger partial charge is 0.288 e. The first-order chi connectivity index (χ1) is 13.8. The topological polar surface area (TPSA) is 67.6 Å². The highest BCUT2D eigenvalue weighted by Gasteiger charge is 2.29. The van der Waals surface area contributed by atoms with Crippen molar-refractivity contribution in [1.29, 1.82) is 0 Å². The molecular formula is C19H13F3N4O2S. The fraction of sp³-hybridized carbons (Fsp3) is 0.0526. The number of hydrogen-bond donors (Lipinski definition) is 0. The summed E-state index contributed by atoms with van der Waals surface area (Å²) in [5.74, 6) is -2.35. The van der Waals surface area contributed by atoms with Crippen LogP contribution in [0.1, 0.15) is 5.56 Å². The molecule has 6 nitrogen and oxygen atoms in total. The van der Waals surface area contributed by atoms with E-state index in [0.717, 1.165) is 16.4 Å². The zero-order valence-corrected chi connectivity index (χ0v) is 15.5. The van der Waals surface area contributed by atoms with Crippen LogP contribution in [0.3, 0.4) is 0 Å². The van der Waals surface area contributed by atoms with E-state index >= 15 is 0 Å². The fourth-order valence-electron chi connectivity index (χ4n) is 2.90. The van der Waals surface area contributed by atoms with Crippen molar-refractivity contribution in [3.8, 4) is 0 Å². The van der Waals surface area contributed by atoms with Crippen LogP contribution in [0.25, 0.3) is 5.65 Å². The van der Waals surface area contributed by atoms with Crippen LogP contribution in [0, 0.1) is 17.5 Å². The smallest absolute Gasteiger partial charge is 0.268 e. The normalized spacial score (nSPS) is 11.7. The van der Waals surface area contributed by atoms with E-state index in [-0.39, 0.29) is 22.8 Å². The van der Waals surface area contributed by atoms with Crippen molar-refractivity contribution < 1.29 is 21.6 Å². The summed E-state index contributed by atoms with van der Waals surface area (Å²) in [6.07, 6.45) is 2.90. The number of anilines is 1. The van der Waals surface area contributed by atoms with Gasteiger partial charge >= 0.3 is 0 Å². The van der Waals surface area contributed by atoms with E-state index < -0.39 is 27.5 Å². The highest BCUT2D eigenvalue weighted by molar-refractivity contribution is 7.93. The van der Waals surface area contributed by atoms with Crippen LogP contribution in [-0.4, -0.2) is 23.0 Å². The van der Waals surface area contributed by atoms with Gasteiger partial charge in [0.05, 0.1) is 12.2 Å². The molecule has 0 radical (unpaired) electrons. The highest BCUT2D eigenvalue weighted by atomic mass is 32.2. The molecule has 0 aliphatic carbocycles. The van der Waals surface area contributed by atoms with Gasteiger partial charge in [-0.25, -0.2) is 21.6 Å². The molecule has 0 fully saturated rings. The van der Waals surface area contributed by atoms with Crippen LogP contribution in [0.4, 0.5) is 18.9 Å². The molecule has 0 saturated heterocycles. The molecule has 2 heterocycles. The van der Waals surface area contributed by atoms with Crippen molar-refractivity contribution in [2.75, 3.05) is 4.31 Å². The van der Waals surface area contributed by atoms with E-state index in [2.05, 4.69) is 10.2 Å². The Labute approximate surface area is 163 Å². The summed E-state index contributed by atoms with van der Waals surface area (Å²) < 4.78 is 70.1. The van der Waals surface area contributed by atoms with Gasteiger partial charge in [0, 0.05) is 12.3 Å². The molecule has 148 valence electrons. The molecule has 0 aliphatic heterocycles. The van der Waals surface area contributed by atoms with Crippen LogP contribution >= 0.6 is 0 Å². The van der Waals surface area contributed by atoms with Gasteiger partial charge in [-0.2, -0.15) is 0 Å². The van der Waals surface area contributed by atoms with Crippen LogP contribution in [0.5, 0.6) is 0 Å². The second-order valence-electron chi connectivity index (χ2n) is 6.20. The summed E-state index contributed by atoms with van der Waals surface area (Å²) in [7, 11) is -4.31. The van der Waals surface area contributed by atoms with Crippen molar-refractivity contribution in [3.63, 3.8) is 0 Å². The quantitative estimate of drug-likeness (QED) is 0.497. The number of fused-ring (bicyclic) bond motifs is 1. The molecule has 2 aromatic heterocycles. The first kappa shape index (κ1) is 18.9. The Bertz CT molecular complexity index is 1270. The van der Waals surface area contributed by atoms with E-state index in [1.54, 1.807) is 6.20 Å². The Balaban J connectivity index is 1.88. The number of pyridine rings is 1. The summed E-state index contributed by atoms with van der Waals surface area (Å²) in [5.41, 5.74) is 0.273. The average molecular weight is 418 g/mol. The van der Waals surface area contributed by atoms with Crippen LogP contribution in [0.2, 0.25) is 0 Å². The molecular weight excluding hydrogens is 405 g/mol. The van der Waals surface area contributed by atoms with Crippen LogP contribution < -0.4 is 4.31 Å². The SMILES string of the molecule is O=S(=O)(c1cccn2cnnc12)N(Cc1ccc(F)cc1)c1cc(F)cc(F)c1. The molecule has 0 unspecified atom stereocenters. The second-order valence-corrected chi connectivity index (χ2v) is 8.03. The molecule has 2 aromatic carbocycles. The van der Waals surface area contributed by atoms with Crippen molar-refractivity contribution in [3.05, 3.63) is 90.1 Å². The van der Waals surface area contributed by atoms with Gasteiger partial charge in [-0.1, -0.05) is 12.1 Å². The third kappa shape index (κ3) is 3.66. The number of hydrogen-bond acceptors (Lipinski definition) is 4. The van der Waals surface area contributed by atoms with Crippen molar-refractivity contribution in [1.82, 2.24) is 14.6 Å². The van der Waals surface area contributed by atoms with Crippen molar-refractivity contribution >= 4 is 21.4 Å². The zero-order chi connectivity index (χ0) is 20.6. The highest BCUT2D eigenvalue weighted by Crippen LogP contribution is 2.29. The number of sulfonamides is 1. The van der Waals surface area contributed by atoms with Crippen molar-refractivity contribution in [2.45, 2.75) is 11.4 Å². The van der Waals surface area contributed by atoms with Gasteiger partial charge < -0.3 is 0 Å². The van der Waals surface area contributed by atoms with Crippen LogP contribution in [-0.2, 0) is 16.6 Å². The fourth-order valence-corrected chi connectivity index (χ4v) is 4.47. The lowest BCUT2D eigenvalue weighted by molar-refractivity contribution is 0.580. The molecule has 0 N–H and O–H groups in total.